The van der Waals surface area contributed by atoms with Crippen LogP contribution in [0.5, 0.6) is 0 Å². The van der Waals surface area contributed by atoms with Gasteiger partial charge in [0.05, 0.1) is 25.4 Å². The highest BCUT2D eigenvalue weighted by molar-refractivity contribution is 9.10. The minimum absolute atomic E-state index is 0.000209. The molecule has 2 unspecified atom stereocenters. The average Bonchev–Trinajstić information content (AvgIpc) is 2.39. The number of ether oxygens (including phenoxy) is 2. The molecular formula is C15H24BrNO2. The van der Waals surface area contributed by atoms with Crippen LogP contribution in [0.2, 0.25) is 0 Å². The summed E-state index contributed by atoms with van der Waals surface area (Å²) in [5.74, 6) is 0. The van der Waals surface area contributed by atoms with Crippen molar-refractivity contribution >= 4 is 15.9 Å². The second-order valence-corrected chi connectivity index (χ2v) is 5.75. The first-order valence-electron chi connectivity index (χ1n) is 6.78. The summed E-state index contributed by atoms with van der Waals surface area (Å²) in [4.78, 5) is 0. The van der Waals surface area contributed by atoms with E-state index in [0.717, 1.165) is 16.5 Å². The molecule has 0 radical (unpaired) electrons. The van der Waals surface area contributed by atoms with Crippen LogP contribution < -0.4 is 5.73 Å². The van der Waals surface area contributed by atoms with E-state index in [1.807, 2.05) is 38.1 Å². The molecule has 0 spiro atoms. The van der Waals surface area contributed by atoms with Crippen LogP contribution in [-0.2, 0) is 9.47 Å². The number of rotatable bonds is 8. The molecule has 2 atom stereocenters. The van der Waals surface area contributed by atoms with Crippen LogP contribution in [0.15, 0.2) is 28.7 Å². The van der Waals surface area contributed by atoms with Gasteiger partial charge in [0.2, 0.25) is 0 Å². The predicted octanol–water partition coefficient (Wildman–Crippen LogP) is 3.67. The molecule has 1 aromatic carbocycles. The third-order valence-electron chi connectivity index (χ3n) is 2.89. The molecule has 0 aliphatic rings. The minimum Gasteiger partial charge on any atom is -0.376 e. The van der Waals surface area contributed by atoms with Gasteiger partial charge in [0, 0.05) is 10.5 Å². The zero-order valence-electron chi connectivity index (χ0n) is 11.9. The van der Waals surface area contributed by atoms with Gasteiger partial charge in [-0.25, -0.2) is 0 Å². The summed E-state index contributed by atoms with van der Waals surface area (Å²) in [5, 5.41) is 0. The largest absolute Gasteiger partial charge is 0.376 e. The molecule has 1 aromatic rings. The fourth-order valence-corrected chi connectivity index (χ4v) is 2.06. The highest BCUT2D eigenvalue weighted by Gasteiger charge is 2.19. The van der Waals surface area contributed by atoms with Gasteiger partial charge in [-0.15, -0.1) is 0 Å². The fourth-order valence-electron chi connectivity index (χ4n) is 1.79. The van der Waals surface area contributed by atoms with Gasteiger partial charge in [0.15, 0.2) is 0 Å². The molecular weight excluding hydrogens is 306 g/mol. The Balaban J connectivity index is 2.59. The molecule has 0 fully saturated rings. The molecule has 0 bridgehead atoms. The van der Waals surface area contributed by atoms with Crippen LogP contribution in [0, 0.1) is 0 Å². The Morgan fingerprint density at radius 1 is 1.11 bits per heavy atom. The first-order valence-corrected chi connectivity index (χ1v) is 7.58. The van der Waals surface area contributed by atoms with Crippen molar-refractivity contribution < 1.29 is 9.47 Å². The molecule has 0 aromatic heterocycles. The minimum atomic E-state index is -0.0751. The van der Waals surface area contributed by atoms with Gasteiger partial charge >= 0.3 is 0 Å². The lowest BCUT2D eigenvalue weighted by atomic mass is 10.0. The van der Waals surface area contributed by atoms with E-state index in [9.17, 15) is 0 Å². The van der Waals surface area contributed by atoms with Crippen LogP contribution in [0.3, 0.4) is 0 Å². The normalized spacial score (nSPS) is 14.6. The lowest BCUT2D eigenvalue weighted by Gasteiger charge is -2.24. The lowest BCUT2D eigenvalue weighted by Crippen LogP contribution is -2.30. The molecule has 0 amide bonds. The quantitative estimate of drug-likeness (QED) is 0.740. The summed E-state index contributed by atoms with van der Waals surface area (Å²) in [5.41, 5.74) is 7.26. The van der Waals surface area contributed by atoms with Crippen LogP contribution in [-0.4, -0.2) is 25.4 Å². The van der Waals surface area contributed by atoms with Gasteiger partial charge in [-0.05, 0) is 38.0 Å². The molecule has 0 saturated heterocycles. The Hall–Kier alpha value is -0.420. The number of benzene rings is 1. The van der Waals surface area contributed by atoms with Crippen molar-refractivity contribution in [1.29, 1.82) is 0 Å². The van der Waals surface area contributed by atoms with Crippen LogP contribution >= 0.6 is 15.9 Å². The third-order valence-corrected chi connectivity index (χ3v) is 3.42. The molecule has 0 aliphatic carbocycles. The van der Waals surface area contributed by atoms with Gasteiger partial charge in [0.1, 0.15) is 0 Å². The Kier molecular flexibility index (Phi) is 7.61. The van der Waals surface area contributed by atoms with E-state index < -0.39 is 0 Å². The molecule has 108 valence electrons. The summed E-state index contributed by atoms with van der Waals surface area (Å²) in [6.07, 6.45) is 1.04. The fraction of sp³-hybridized carbons (Fsp3) is 0.600. The summed E-state index contributed by atoms with van der Waals surface area (Å²) in [6, 6.07) is 8.12. The molecule has 19 heavy (non-hydrogen) atoms. The Labute approximate surface area is 124 Å². The number of halogens is 1. The molecule has 0 saturated carbocycles. The van der Waals surface area contributed by atoms with E-state index >= 15 is 0 Å². The zero-order chi connectivity index (χ0) is 14.3. The highest BCUT2D eigenvalue weighted by Crippen LogP contribution is 2.23. The smallest absolute Gasteiger partial charge is 0.0976 e. The van der Waals surface area contributed by atoms with Crippen molar-refractivity contribution in [3.05, 3.63) is 34.3 Å². The summed E-state index contributed by atoms with van der Waals surface area (Å²) >= 11 is 3.44. The van der Waals surface area contributed by atoms with E-state index in [1.165, 1.54) is 0 Å². The number of nitrogens with two attached hydrogens (primary N) is 1. The van der Waals surface area contributed by atoms with Crippen molar-refractivity contribution in [3.8, 4) is 0 Å². The number of hydrogen-bond acceptors (Lipinski definition) is 3. The lowest BCUT2D eigenvalue weighted by molar-refractivity contribution is -0.0224. The van der Waals surface area contributed by atoms with Gasteiger partial charge in [0.25, 0.3) is 0 Å². The van der Waals surface area contributed by atoms with Crippen molar-refractivity contribution in [2.24, 2.45) is 5.73 Å². The second kappa shape index (κ2) is 8.69. The predicted molar refractivity (Wildman–Crippen MR) is 82.2 cm³/mol. The van der Waals surface area contributed by atoms with E-state index in [4.69, 9.17) is 15.2 Å². The maximum Gasteiger partial charge on any atom is 0.0976 e. The summed E-state index contributed by atoms with van der Waals surface area (Å²) in [7, 11) is 0. The molecule has 0 aliphatic heterocycles. The Morgan fingerprint density at radius 2 is 1.68 bits per heavy atom. The van der Waals surface area contributed by atoms with E-state index in [1.54, 1.807) is 0 Å². The summed E-state index contributed by atoms with van der Waals surface area (Å²) < 4.78 is 12.5. The SMILES string of the molecule is CCC(N)C(OCCOC(C)C)c1ccc(Br)cc1. The molecule has 0 heterocycles. The van der Waals surface area contributed by atoms with E-state index in [0.29, 0.717) is 13.2 Å². The molecule has 4 heteroatoms. The van der Waals surface area contributed by atoms with Crippen molar-refractivity contribution in [1.82, 2.24) is 0 Å². The second-order valence-electron chi connectivity index (χ2n) is 4.83. The van der Waals surface area contributed by atoms with Crippen molar-refractivity contribution in [2.45, 2.75) is 45.4 Å². The standard InChI is InChI=1S/C15H24BrNO2/c1-4-14(17)15(19-10-9-18-11(2)3)12-5-7-13(16)8-6-12/h5-8,11,14-15H,4,9-10,17H2,1-3H3. The molecule has 3 nitrogen and oxygen atoms in total. The average molecular weight is 330 g/mol. The Morgan fingerprint density at radius 3 is 2.21 bits per heavy atom. The monoisotopic (exact) mass is 329 g/mol. The van der Waals surface area contributed by atoms with Crippen LogP contribution in [0.4, 0.5) is 0 Å². The highest BCUT2D eigenvalue weighted by atomic mass is 79.9. The van der Waals surface area contributed by atoms with Gasteiger partial charge in [-0.1, -0.05) is 35.0 Å². The molecule has 1 rings (SSSR count). The Bertz CT molecular complexity index is 354. The maximum atomic E-state index is 6.15. The zero-order valence-corrected chi connectivity index (χ0v) is 13.5. The first kappa shape index (κ1) is 16.6. The van der Waals surface area contributed by atoms with Crippen LogP contribution in [0.1, 0.15) is 38.9 Å². The first-order chi connectivity index (χ1) is 9.04. The maximum absolute atomic E-state index is 6.15. The van der Waals surface area contributed by atoms with Crippen molar-refractivity contribution in [2.75, 3.05) is 13.2 Å². The van der Waals surface area contributed by atoms with Crippen molar-refractivity contribution in [3.63, 3.8) is 0 Å². The number of hydrogen-bond donors (Lipinski definition) is 1. The van der Waals surface area contributed by atoms with E-state index in [-0.39, 0.29) is 18.2 Å². The van der Waals surface area contributed by atoms with Gasteiger partial charge < -0.3 is 15.2 Å². The molecule has 2 N–H and O–H groups in total. The summed E-state index contributed by atoms with van der Waals surface area (Å²) in [6.45, 7) is 7.27. The van der Waals surface area contributed by atoms with Gasteiger partial charge in [-0.2, -0.15) is 0 Å². The third kappa shape index (κ3) is 6.04. The van der Waals surface area contributed by atoms with E-state index in [2.05, 4.69) is 22.9 Å². The van der Waals surface area contributed by atoms with Gasteiger partial charge in [-0.3, -0.25) is 0 Å². The van der Waals surface area contributed by atoms with Crippen LogP contribution in [0.25, 0.3) is 0 Å². The topological polar surface area (TPSA) is 44.5 Å².